The van der Waals surface area contributed by atoms with E-state index in [9.17, 15) is 0 Å². The van der Waals surface area contributed by atoms with Gasteiger partial charge in [-0.3, -0.25) is 0 Å². The second kappa shape index (κ2) is 8.05. The maximum absolute atomic E-state index is 6.24. The van der Waals surface area contributed by atoms with Crippen molar-refractivity contribution in [3.05, 3.63) is 66.2 Å². The second-order valence-electron chi connectivity index (χ2n) is 10.8. The number of hydrogen-bond acceptors (Lipinski definition) is 1. The maximum atomic E-state index is 6.24. The normalized spacial score (nSPS) is 12.0. The first-order valence-corrected chi connectivity index (χ1v) is 12.2. The Morgan fingerprint density at radius 3 is 1.76 bits per heavy atom. The van der Waals surface area contributed by atoms with Crippen LogP contribution in [0.4, 0.5) is 0 Å². The van der Waals surface area contributed by atoms with Crippen LogP contribution in [0.3, 0.4) is 0 Å². The molecule has 1 aromatic heterocycles. The Morgan fingerprint density at radius 2 is 1.09 bits per heavy atom. The fourth-order valence-corrected chi connectivity index (χ4v) is 5.70. The fraction of sp³-hybridized carbons (Fsp3) is 0.143. The Hall–Kier alpha value is -3.00. The van der Waals surface area contributed by atoms with Gasteiger partial charge in [0, 0.05) is 10.8 Å². The summed E-state index contributed by atoms with van der Waals surface area (Å²) in [7, 11) is 11.3. The zero-order valence-electron chi connectivity index (χ0n) is 21.7. The molecule has 5 rings (SSSR count). The van der Waals surface area contributed by atoms with Crippen LogP contribution in [0.1, 0.15) is 26.3 Å². The zero-order chi connectivity index (χ0) is 24.4. The molecule has 1 heterocycles. The average molecular weight is 436 g/mol. The Labute approximate surface area is 207 Å². The third-order valence-electron chi connectivity index (χ3n) is 7.78. The van der Waals surface area contributed by atoms with Crippen molar-refractivity contribution in [3.8, 4) is 22.3 Å². The van der Waals surface area contributed by atoms with E-state index in [1.54, 1.807) is 0 Å². The number of fused-ring (bicyclic) bond motifs is 3. The standard InChI is InChI=1S/C28H29B5O/c1-28(2,3)22-15(14-9-7-13-19-20(14)16-8-4-5-12-18(16)34-19)10-6-11-17(22)21-23(29)25(31)27(33)26(32)24(21)30/h4-13H,29-33H2,1-3H3. The molecule has 0 aliphatic carbocycles. The van der Waals surface area contributed by atoms with Gasteiger partial charge in [0.15, 0.2) is 0 Å². The molecule has 0 spiro atoms. The highest BCUT2D eigenvalue weighted by atomic mass is 16.3. The van der Waals surface area contributed by atoms with E-state index in [0.29, 0.717) is 0 Å². The lowest BCUT2D eigenvalue weighted by atomic mass is 9.59. The summed E-state index contributed by atoms with van der Waals surface area (Å²) < 4.78 is 6.24. The number of para-hydroxylation sites is 1. The van der Waals surface area contributed by atoms with E-state index in [0.717, 1.165) is 11.2 Å². The molecular formula is C28H29B5O. The Bertz CT molecular complexity index is 1560. The Morgan fingerprint density at radius 1 is 0.559 bits per heavy atom. The lowest BCUT2D eigenvalue weighted by Gasteiger charge is -2.30. The first kappa shape index (κ1) is 22.8. The van der Waals surface area contributed by atoms with Crippen molar-refractivity contribution in [3.63, 3.8) is 0 Å². The van der Waals surface area contributed by atoms with Crippen LogP contribution < -0.4 is 27.3 Å². The van der Waals surface area contributed by atoms with E-state index in [1.165, 1.54) is 65.9 Å². The minimum atomic E-state index is -0.0425. The molecule has 0 bridgehead atoms. The van der Waals surface area contributed by atoms with E-state index in [1.807, 2.05) is 6.07 Å². The average Bonchev–Trinajstić information content (AvgIpc) is 3.19. The van der Waals surface area contributed by atoms with E-state index >= 15 is 0 Å². The van der Waals surface area contributed by atoms with Gasteiger partial charge in [-0.2, -0.15) is 0 Å². The molecule has 6 heteroatoms. The SMILES string of the molecule is Bc1c(B)c(B)c(-c2cccc(-c3cccc4oc5ccccc5c34)c2C(C)(C)C)c(B)c1B. The first-order chi connectivity index (χ1) is 16.1. The zero-order valence-corrected chi connectivity index (χ0v) is 21.7. The van der Waals surface area contributed by atoms with Gasteiger partial charge in [0.05, 0.1) is 0 Å². The maximum Gasteiger partial charge on any atom is 0.139 e. The summed E-state index contributed by atoms with van der Waals surface area (Å²) in [4.78, 5) is 0. The van der Waals surface area contributed by atoms with Crippen LogP contribution in [-0.4, -0.2) is 39.2 Å². The van der Waals surface area contributed by atoms with Gasteiger partial charge in [-0.05, 0) is 45.4 Å². The summed E-state index contributed by atoms with van der Waals surface area (Å²) in [6.07, 6.45) is 0. The molecule has 0 fully saturated rings. The molecule has 0 aliphatic heterocycles. The van der Waals surface area contributed by atoms with Crippen molar-refractivity contribution in [2.24, 2.45) is 0 Å². The van der Waals surface area contributed by atoms with Gasteiger partial charge in [0.2, 0.25) is 0 Å². The molecule has 162 valence electrons. The van der Waals surface area contributed by atoms with Crippen LogP contribution in [-0.2, 0) is 5.41 Å². The molecule has 0 unspecified atom stereocenters. The van der Waals surface area contributed by atoms with E-state index in [4.69, 9.17) is 4.42 Å². The van der Waals surface area contributed by atoms with E-state index < -0.39 is 0 Å². The second-order valence-corrected chi connectivity index (χ2v) is 10.8. The lowest BCUT2D eigenvalue weighted by Crippen LogP contribution is -2.55. The molecule has 0 saturated carbocycles. The highest BCUT2D eigenvalue weighted by molar-refractivity contribution is 6.68. The molecule has 0 radical (unpaired) electrons. The third-order valence-corrected chi connectivity index (χ3v) is 7.78. The van der Waals surface area contributed by atoms with Gasteiger partial charge < -0.3 is 4.42 Å². The number of benzene rings is 4. The molecule has 1 nitrogen and oxygen atoms in total. The minimum Gasteiger partial charge on any atom is -0.456 e. The molecular weight excluding hydrogens is 406 g/mol. The van der Waals surface area contributed by atoms with Crippen LogP contribution in [0.15, 0.2) is 65.1 Å². The lowest BCUT2D eigenvalue weighted by molar-refractivity contribution is 0.594. The third kappa shape index (κ3) is 3.38. The summed E-state index contributed by atoms with van der Waals surface area (Å²) in [6.45, 7) is 7.00. The Kier molecular flexibility index (Phi) is 5.39. The number of rotatable bonds is 2. The van der Waals surface area contributed by atoms with Crippen molar-refractivity contribution in [2.75, 3.05) is 0 Å². The molecule has 4 aromatic carbocycles. The summed E-state index contributed by atoms with van der Waals surface area (Å²) in [5, 5.41) is 2.37. The molecule has 5 aromatic rings. The predicted octanol–water partition coefficient (Wildman–Crippen LogP) is -0.490. The van der Waals surface area contributed by atoms with Gasteiger partial charge >= 0.3 is 0 Å². The topological polar surface area (TPSA) is 13.1 Å². The molecule has 0 atom stereocenters. The summed E-state index contributed by atoms with van der Waals surface area (Å²) >= 11 is 0. The predicted molar refractivity (Wildman–Crippen MR) is 164 cm³/mol. The summed E-state index contributed by atoms with van der Waals surface area (Å²) in [5.41, 5.74) is 15.5. The van der Waals surface area contributed by atoms with Crippen LogP contribution >= 0.6 is 0 Å². The van der Waals surface area contributed by atoms with Gasteiger partial charge in [-0.25, -0.2) is 0 Å². The van der Waals surface area contributed by atoms with Crippen molar-refractivity contribution in [1.29, 1.82) is 0 Å². The van der Waals surface area contributed by atoms with Gasteiger partial charge in [0.25, 0.3) is 0 Å². The van der Waals surface area contributed by atoms with Crippen molar-refractivity contribution >= 4 is 88.5 Å². The molecule has 0 saturated heterocycles. The monoisotopic (exact) mass is 436 g/mol. The van der Waals surface area contributed by atoms with Crippen LogP contribution in [0.5, 0.6) is 0 Å². The molecule has 0 aliphatic rings. The highest BCUT2D eigenvalue weighted by Gasteiger charge is 2.27. The highest BCUT2D eigenvalue weighted by Crippen LogP contribution is 2.43. The first-order valence-electron chi connectivity index (χ1n) is 12.2. The van der Waals surface area contributed by atoms with Crippen molar-refractivity contribution < 1.29 is 4.42 Å². The van der Waals surface area contributed by atoms with Gasteiger partial charge in [0.1, 0.15) is 50.4 Å². The number of hydrogen-bond donors (Lipinski definition) is 0. The molecule has 34 heavy (non-hydrogen) atoms. The Balaban J connectivity index is 1.92. The quantitative estimate of drug-likeness (QED) is 0.341. The molecule has 0 amide bonds. The van der Waals surface area contributed by atoms with E-state index in [-0.39, 0.29) is 5.41 Å². The van der Waals surface area contributed by atoms with Crippen LogP contribution in [0, 0.1) is 0 Å². The van der Waals surface area contributed by atoms with E-state index in [2.05, 4.69) is 115 Å². The minimum absolute atomic E-state index is 0.0425. The number of furan rings is 1. The van der Waals surface area contributed by atoms with Crippen molar-refractivity contribution in [1.82, 2.24) is 0 Å². The largest absolute Gasteiger partial charge is 0.456 e. The van der Waals surface area contributed by atoms with Crippen LogP contribution in [0.2, 0.25) is 0 Å². The fourth-order valence-electron chi connectivity index (χ4n) is 5.70. The summed E-state index contributed by atoms with van der Waals surface area (Å²) in [5.74, 6) is 0. The molecule has 0 N–H and O–H groups in total. The summed E-state index contributed by atoms with van der Waals surface area (Å²) in [6, 6.07) is 21.7. The van der Waals surface area contributed by atoms with Crippen molar-refractivity contribution in [2.45, 2.75) is 26.2 Å². The smallest absolute Gasteiger partial charge is 0.139 e. The van der Waals surface area contributed by atoms with Gasteiger partial charge in [-0.15, -0.1) is 16.4 Å². The van der Waals surface area contributed by atoms with Crippen LogP contribution in [0.25, 0.3) is 44.2 Å². The van der Waals surface area contributed by atoms with Gasteiger partial charge in [-0.1, -0.05) is 80.2 Å².